The van der Waals surface area contributed by atoms with E-state index >= 15 is 0 Å². The highest BCUT2D eigenvalue weighted by atomic mass is 35.5. The minimum Gasteiger partial charge on any atom is -0.309 e. The number of hydrogen-bond donors (Lipinski definition) is 1. The highest BCUT2D eigenvalue weighted by Crippen LogP contribution is 2.12. The van der Waals surface area contributed by atoms with Crippen molar-refractivity contribution in [2.24, 2.45) is 0 Å². The van der Waals surface area contributed by atoms with Crippen molar-refractivity contribution in [3.8, 4) is 0 Å². The second-order valence-electron chi connectivity index (χ2n) is 4.08. The van der Waals surface area contributed by atoms with Gasteiger partial charge in [-0.15, -0.1) is 11.3 Å². The van der Waals surface area contributed by atoms with Crippen molar-refractivity contribution in [3.63, 3.8) is 0 Å². The molecule has 0 aliphatic rings. The Morgan fingerprint density at radius 2 is 2.35 bits per heavy atom. The Morgan fingerprint density at radius 3 is 3.06 bits per heavy atom. The van der Waals surface area contributed by atoms with Crippen molar-refractivity contribution in [1.29, 1.82) is 0 Å². The van der Waals surface area contributed by atoms with Gasteiger partial charge in [0.1, 0.15) is 0 Å². The third-order valence-corrected chi connectivity index (χ3v) is 3.55. The third-order valence-electron chi connectivity index (χ3n) is 2.54. The van der Waals surface area contributed by atoms with Crippen molar-refractivity contribution < 1.29 is 0 Å². The number of benzene rings is 1. The second kappa shape index (κ2) is 6.15. The van der Waals surface area contributed by atoms with E-state index in [1.54, 1.807) is 11.3 Å². The van der Waals surface area contributed by atoms with Crippen LogP contribution in [0.4, 0.5) is 0 Å². The molecule has 1 N–H and O–H groups in total. The van der Waals surface area contributed by atoms with Crippen LogP contribution in [-0.4, -0.2) is 11.0 Å². The van der Waals surface area contributed by atoms with Gasteiger partial charge in [-0.1, -0.05) is 23.7 Å². The first-order valence-corrected chi connectivity index (χ1v) is 6.85. The Hall–Kier alpha value is -0.900. The predicted molar refractivity (Wildman–Crippen MR) is 73.6 cm³/mol. The van der Waals surface area contributed by atoms with Gasteiger partial charge in [-0.2, -0.15) is 0 Å². The minimum atomic E-state index is 0.426. The molecule has 2 aromatic rings. The van der Waals surface area contributed by atoms with E-state index in [-0.39, 0.29) is 0 Å². The van der Waals surface area contributed by atoms with E-state index in [1.807, 2.05) is 29.9 Å². The van der Waals surface area contributed by atoms with Gasteiger partial charge >= 0.3 is 0 Å². The highest BCUT2D eigenvalue weighted by molar-refractivity contribution is 7.09. The molecule has 1 heterocycles. The summed E-state index contributed by atoms with van der Waals surface area (Å²) in [7, 11) is 0. The summed E-state index contributed by atoms with van der Waals surface area (Å²) < 4.78 is 0. The van der Waals surface area contributed by atoms with E-state index in [9.17, 15) is 0 Å². The molecule has 2 nitrogen and oxygen atoms in total. The largest absolute Gasteiger partial charge is 0.309 e. The number of nitrogens with zero attached hydrogens (tertiary/aromatic N) is 1. The van der Waals surface area contributed by atoms with Gasteiger partial charge in [-0.05, 0) is 31.0 Å². The molecular weight excluding hydrogens is 252 g/mol. The van der Waals surface area contributed by atoms with Crippen molar-refractivity contribution in [2.75, 3.05) is 0 Å². The van der Waals surface area contributed by atoms with E-state index < -0.39 is 0 Å². The number of nitrogens with one attached hydrogen (secondary N) is 1. The monoisotopic (exact) mass is 266 g/mol. The van der Waals surface area contributed by atoms with Gasteiger partial charge in [-0.3, -0.25) is 4.98 Å². The number of thiazole rings is 1. The zero-order chi connectivity index (χ0) is 12.1. The van der Waals surface area contributed by atoms with Gasteiger partial charge < -0.3 is 5.32 Å². The lowest BCUT2D eigenvalue weighted by atomic mass is 10.1. The molecule has 0 radical (unpaired) electrons. The Labute approximate surface area is 111 Å². The van der Waals surface area contributed by atoms with Crippen LogP contribution in [0.5, 0.6) is 0 Å². The quantitative estimate of drug-likeness (QED) is 0.896. The van der Waals surface area contributed by atoms with Crippen LogP contribution in [0, 0.1) is 0 Å². The first kappa shape index (κ1) is 12.6. The molecule has 0 saturated carbocycles. The van der Waals surface area contributed by atoms with Gasteiger partial charge in [0.05, 0.1) is 5.51 Å². The molecule has 1 atom stereocenters. The summed E-state index contributed by atoms with van der Waals surface area (Å²) in [4.78, 5) is 5.32. The number of hydrogen-bond acceptors (Lipinski definition) is 3. The van der Waals surface area contributed by atoms with Crippen molar-refractivity contribution in [3.05, 3.63) is 51.4 Å². The standard InChI is InChI=1S/C13H15ClN2S/c1-10(16-8-13-7-15-9-17-13)5-11-3-2-4-12(14)6-11/h2-4,6-7,9-10,16H,5,8H2,1H3. The fourth-order valence-corrected chi connectivity index (χ4v) is 2.45. The molecule has 1 aromatic carbocycles. The molecule has 0 aliphatic carbocycles. The van der Waals surface area contributed by atoms with E-state index in [1.165, 1.54) is 10.4 Å². The summed E-state index contributed by atoms with van der Waals surface area (Å²) in [6, 6.07) is 8.45. The lowest BCUT2D eigenvalue weighted by molar-refractivity contribution is 0.548. The second-order valence-corrected chi connectivity index (χ2v) is 5.49. The molecule has 0 spiro atoms. The van der Waals surface area contributed by atoms with Crippen molar-refractivity contribution in [2.45, 2.75) is 25.9 Å². The number of halogens is 1. The topological polar surface area (TPSA) is 24.9 Å². The molecule has 0 bridgehead atoms. The fraction of sp³-hybridized carbons (Fsp3) is 0.308. The van der Waals surface area contributed by atoms with Crippen LogP contribution in [-0.2, 0) is 13.0 Å². The van der Waals surface area contributed by atoms with Gasteiger partial charge in [0.15, 0.2) is 0 Å². The molecule has 0 saturated heterocycles. The Bertz CT molecular complexity index is 456. The van der Waals surface area contributed by atoms with Gasteiger partial charge in [0, 0.05) is 28.7 Å². The molecular formula is C13H15ClN2S. The van der Waals surface area contributed by atoms with Crippen LogP contribution >= 0.6 is 22.9 Å². The van der Waals surface area contributed by atoms with Crippen LogP contribution in [0.3, 0.4) is 0 Å². The maximum atomic E-state index is 5.96. The summed E-state index contributed by atoms with van der Waals surface area (Å²) in [5, 5.41) is 4.28. The summed E-state index contributed by atoms with van der Waals surface area (Å²) >= 11 is 7.64. The lowest BCUT2D eigenvalue weighted by Crippen LogP contribution is -2.27. The smallest absolute Gasteiger partial charge is 0.0794 e. The molecule has 0 aliphatic heterocycles. The zero-order valence-corrected chi connectivity index (χ0v) is 11.3. The molecule has 1 aromatic heterocycles. The van der Waals surface area contributed by atoms with Crippen molar-refractivity contribution >= 4 is 22.9 Å². The van der Waals surface area contributed by atoms with E-state index in [2.05, 4.69) is 23.3 Å². The van der Waals surface area contributed by atoms with E-state index in [0.717, 1.165) is 18.0 Å². The van der Waals surface area contributed by atoms with Gasteiger partial charge in [0.25, 0.3) is 0 Å². The Kier molecular flexibility index (Phi) is 4.54. The maximum Gasteiger partial charge on any atom is 0.0794 e. The molecule has 4 heteroatoms. The van der Waals surface area contributed by atoms with Gasteiger partial charge in [-0.25, -0.2) is 0 Å². The van der Waals surface area contributed by atoms with E-state index in [0.29, 0.717) is 6.04 Å². The van der Waals surface area contributed by atoms with Crippen molar-refractivity contribution in [1.82, 2.24) is 10.3 Å². The number of aromatic nitrogens is 1. The van der Waals surface area contributed by atoms with Crippen LogP contribution in [0.2, 0.25) is 5.02 Å². The average Bonchev–Trinajstić information content (AvgIpc) is 2.79. The molecule has 17 heavy (non-hydrogen) atoms. The average molecular weight is 267 g/mol. The van der Waals surface area contributed by atoms with Crippen LogP contribution in [0.1, 0.15) is 17.4 Å². The minimum absolute atomic E-state index is 0.426. The van der Waals surface area contributed by atoms with Crippen LogP contribution in [0.15, 0.2) is 36.0 Å². The normalized spacial score (nSPS) is 12.6. The lowest BCUT2D eigenvalue weighted by Gasteiger charge is -2.13. The van der Waals surface area contributed by atoms with E-state index in [4.69, 9.17) is 11.6 Å². The predicted octanol–water partition coefficient (Wildman–Crippen LogP) is 3.52. The van der Waals surface area contributed by atoms with Crippen LogP contribution in [0.25, 0.3) is 0 Å². The highest BCUT2D eigenvalue weighted by Gasteiger charge is 2.04. The number of rotatable bonds is 5. The molecule has 0 fully saturated rings. The van der Waals surface area contributed by atoms with Crippen LogP contribution < -0.4 is 5.32 Å². The molecule has 1 unspecified atom stereocenters. The van der Waals surface area contributed by atoms with Gasteiger partial charge in [0.2, 0.25) is 0 Å². The fourth-order valence-electron chi connectivity index (χ4n) is 1.69. The third kappa shape index (κ3) is 4.11. The molecule has 2 rings (SSSR count). The molecule has 0 amide bonds. The zero-order valence-electron chi connectivity index (χ0n) is 9.69. The summed E-state index contributed by atoms with van der Waals surface area (Å²) in [6.45, 7) is 3.06. The Balaban J connectivity index is 1.83. The summed E-state index contributed by atoms with van der Waals surface area (Å²) in [5.74, 6) is 0. The SMILES string of the molecule is CC(Cc1cccc(Cl)c1)NCc1cncs1. The summed E-state index contributed by atoms with van der Waals surface area (Å²) in [5.41, 5.74) is 3.13. The first-order chi connectivity index (χ1) is 8.24. The maximum absolute atomic E-state index is 5.96. The first-order valence-electron chi connectivity index (χ1n) is 5.59. The summed E-state index contributed by atoms with van der Waals surface area (Å²) in [6.07, 6.45) is 2.89. The molecule has 90 valence electrons. The Morgan fingerprint density at radius 1 is 1.47 bits per heavy atom.